The molecular formula is C40H32Cl2N4O6. The predicted molar refractivity (Wildman–Crippen MR) is 196 cm³/mol. The van der Waals surface area contributed by atoms with Crippen LogP contribution in [0.15, 0.2) is 85.3 Å². The van der Waals surface area contributed by atoms with Gasteiger partial charge in [0.05, 0.1) is 60.3 Å². The van der Waals surface area contributed by atoms with Crippen LogP contribution in [0.5, 0.6) is 17.2 Å². The van der Waals surface area contributed by atoms with Gasteiger partial charge in [-0.25, -0.2) is 0 Å². The lowest BCUT2D eigenvalue weighted by Crippen LogP contribution is -2.08. The van der Waals surface area contributed by atoms with E-state index in [1.165, 1.54) is 19.4 Å². The van der Waals surface area contributed by atoms with Crippen molar-refractivity contribution in [1.82, 2.24) is 14.8 Å². The number of hydrogen-bond acceptors (Lipinski definition) is 9. The number of aromatic nitrogens is 3. The second kappa shape index (κ2) is 15.4. The van der Waals surface area contributed by atoms with Gasteiger partial charge < -0.3 is 23.7 Å². The van der Waals surface area contributed by atoms with E-state index in [0.717, 1.165) is 44.3 Å². The number of hydrogen-bond donors (Lipinski definition) is 0. The topological polar surface area (TPSA) is 118 Å². The first-order chi connectivity index (χ1) is 25.4. The van der Waals surface area contributed by atoms with Crippen molar-refractivity contribution in [2.45, 2.75) is 33.0 Å². The zero-order valence-electron chi connectivity index (χ0n) is 28.3. The van der Waals surface area contributed by atoms with Gasteiger partial charge in [-0.3, -0.25) is 14.5 Å². The van der Waals surface area contributed by atoms with E-state index in [9.17, 15) is 10.1 Å². The number of nitriles is 1. The van der Waals surface area contributed by atoms with Gasteiger partial charge in [-0.05, 0) is 65.1 Å². The van der Waals surface area contributed by atoms with Crippen molar-refractivity contribution in [3.63, 3.8) is 0 Å². The van der Waals surface area contributed by atoms with Crippen molar-refractivity contribution in [3.8, 4) is 34.4 Å². The van der Waals surface area contributed by atoms with Crippen molar-refractivity contribution < 1.29 is 28.5 Å². The minimum atomic E-state index is -0.606. The number of carbonyl (C=O) groups is 1. The average Bonchev–Trinajstić information content (AvgIpc) is 3.86. The highest BCUT2D eigenvalue weighted by Crippen LogP contribution is 2.38. The van der Waals surface area contributed by atoms with E-state index in [1.807, 2.05) is 47.3 Å². The number of aldehydes is 1. The first-order valence-electron chi connectivity index (χ1n) is 16.4. The number of nitrogens with zero attached hydrogens (tertiary/aromatic N) is 4. The van der Waals surface area contributed by atoms with Gasteiger partial charge in [0.1, 0.15) is 36.5 Å². The van der Waals surface area contributed by atoms with Crippen molar-refractivity contribution in [2.75, 3.05) is 20.3 Å². The van der Waals surface area contributed by atoms with Gasteiger partial charge in [-0.15, -0.1) is 0 Å². The fourth-order valence-corrected chi connectivity index (χ4v) is 6.67. The smallest absolute Gasteiger partial charge is 0.187 e. The van der Waals surface area contributed by atoms with Crippen LogP contribution in [0.3, 0.4) is 0 Å². The minimum absolute atomic E-state index is 0.189. The van der Waals surface area contributed by atoms with Crippen LogP contribution in [-0.4, -0.2) is 41.4 Å². The SMILES string of the molecule is COc1cc(OCc2cccc(-c3cccc4c3cnn4Cc3cc(OCc4cncc(C#N)c4)c(C4OCCO4)cc3Cl)c2C)c(Cl)cc1C=O. The summed E-state index contributed by atoms with van der Waals surface area (Å²) >= 11 is 13.3. The molecule has 0 saturated carbocycles. The van der Waals surface area contributed by atoms with E-state index in [1.54, 1.807) is 18.3 Å². The van der Waals surface area contributed by atoms with Crippen molar-refractivity contribution in [2.24, 2.45) is 0 Å². The Morgan fingerprint density at radius 2 is 1.69 bits per heavy atom. The molecule has 1 aliphatic rings. The third-order valence-corrected chi connectivity index (χ3v) is 9.56. The largest absolute Gasteiger partial charge is 0.496 e. The quantitative estimate of drug-likeness (QED) is 0.114. The van der Waals surface area contributed by atoms with E-state index in [4.69, 9.17) is 52.0 Å². The van der Waals surface area contributed by atoms with E-state index < -0.39 is 6.29 Å². The maximum Gasteiger partial charge on any atom is 0.187 e. The molecule has 10 nitrogen and oxygen atoms in total. The van der Waals surface area contributed by atoms with E-state index >= 15 is 0 Å². The fourth-order valence-electron chi connectivity index (χ4n) is 6.21. The number of pyridine rings is 1. The van der Waals surface area contributed by atoms with Gasteiger partial charge >= 0.3 is 0 Å². The highest BCUT2D eigenvalue weighted by atomic mass is 35.5. The second-order valence-electron chi connectivity index (χ2n) is 12.1. The molecule has 4 aromatic carbocycles. The predicted octanol–water partition coefficient (Wildman–Crippen LogP) is 8.66. The number of carbonyl (C=O) groups excluding carboxylic acids is 1. The summed E-state index contributed by atoms with van der Waals surface area (Å²) in [5.74, 6) is 1.37. The Hall–Kier alpha value is -5.44. The van der Waals surface area contributed by atoms with Gasteiger partial charge in [-0.1, -0.05) is 53.5 Å². The summed E-state index contributed by atoms with van der Waals surface area (Å²) in [5, 5.41) is 15.9. The molecule has 1 fully saturated rings. The van der Waals surface area contributed by atoms with Crippen LogP contribution in [-0.2, 0) is 29.2 Å². The normalized spacial score (nSPS) is 12.9. The number of fused-ring (bicyclic) bond motifs is 1. The number of ether oxygens (including phenoxy) is 5. The maximum atomic E-state index is 11.4. The van der Waals surface area contributed by atoms with E-state index in [0.29, 0.717) is 70.0 Å². The molecule has 0 bridgehead atoms. The molecule has 0 radical (unpaired) electrons. The monoisotopic (exact) mass is 734 g/mol. The number of benzene rings is 4. The van der Waals surface area contributed by atoms with E-state index in [-0.39, 0.29) is 13.2 Å². The lowest BCUT2D eigenvalue weighted by atomic mass is 9.94. The molecule has 3 heterocycles. The van der Waals surface area contributed by atoms with Crippen LogP contribution in [0.1, 0.15) is 50.0 Å². The van der Waals surface area contributed by atoms with Gasteiger partial charge in [0.2, 0.25) is 0 Å². The first kappa shape index (κ1) is 35.0. The third-order valence-electron chi connectivity index (χ3n) is 8.91. The molecule has 262 valence electrons. The number of halogens is 2. The molecule has 52 heavy (non-hydrogen) atoms. The Bertz CT molecular complexity index is 2330. The maximum absolute atomic E-state index is 11.4. The summed E-state index contributed by atoms with van der Waals surface area (Å²) in [6, 6.07) is 22.9. The molecule has 0 N–H and O–H groups in total. The molecule has 6 aromatic rings. The number of methoxy groups -OCH3 is 1. The summed E-state index contributed by atoms with van der Waals surface area (Å²) in [5.41, 5.74) is 8.04. The van der Waals surface area contributed by atoms with Crippen molar-refractivity contribution >= 4 is 40.4 Å². The van der Waals surface area contributed by atoms with Crippen molar-refractivity contribution in [3.05, 3.63) is 134 Å². The van der Waals surface area contributed by atoms with Crippen molar-refractivity contribution in [1.29, 1.82) is 5.26 Å². The summed E-state index contributed by atoms with van der Waals surface area (Å²) in [6.45, 7) is 3.81. The first-order valence-corrected chi connectivity index (χ1v) is 17.1. The second-order valence-corrected chi connectivity index (χ2v) is 12.9. The zero-order chi connectivity index (χ0) is 36.2. The Balaban J connectivity index is 1.16. The third kappa shape index (κ3) is 7.17. The van der Waals surface area contributed by atoms with Crippen LogP contribution in [0, 0.1) is 18.3 Å². The van der Waals surface area contributed by atoms with Crippen LogP contribution < -0.4 is 14.2 Å². The molecule has 1 saturated heterocycles. The van der Waals surface area contributed by atoms with Crippen LogP contribution >= 0.6 is 23.2 Å². The fraction of sp³-hybridized carbons (Fsp3) is 0.200. The van der Waals surface area contributed by atoms with Gasteiger partial charge in [-0.2, -0.15) is 10.4 Å². The Kier molecular flexibility index (Phi) is 10.4. The molecule has 0 atom stereocenters. The molecule has 12 heteroatoms. The average molecular weight is 736 g/mol. The zero-order valence-corrected chi connectivity index (χ0v) is 29.8. The van der Waals surface area contributed by atoms with Gasteiger partial charge in [0.25, 0.3) is 0 Å². The van der Waals surface area contributed by atoms with Gasteiger partial charge in [0.15, 0.2) is 12.6 Å². The lowest BCUT2D eigenvalue weighted by Gasteiger charge is -2.18. The summed E-state index contributed by atoms with van der Waals surface area (Å²) in [6.07, 6.45) is 5.13. The Morgan fingerprint density at radius 3 is 2.48 bits per heavy atom. The molecular weight excluding hydrogens is 703 g/mol. The highest BCUT2D eigenvalue weighted by molar-refractivity contribution is 6.32. The molecule has 7 rings (SSSR count). The summed E-state index contributed by atoms with van der Waals surface area (Å²) < 4.78 is 31.2. The van der Waals surface area contributed by atoms with Crippen LogP contribution in [0.2, 0.25) is 10.0 Å². The Morgan fingerprint density at radius 1 is 0.904 bits per heavy atom. The Labute approximate surface area is 310 Å². The molecule has 0 amide bonds. The highest BCUT2D eigenvalue weighted by Gasteiger charge is 2.25. The molecule has 0 unspecified atom stereocenters. The summed E-state index contributed by atoms with van der Waals surface area (Å²) in [4.78, 5) is 15.5. The molecule has 0 spiro atoms. The molecule has 0 aliphatic carbocycles. The van der Waals surface area contributed by atoms with Crippen LogP contribution in [0.25, 0.3) is 22.0 Å². The number of rotatable bonds is 12. The standard InChI is InChI=1S/C40H32Cl2N4O6/c1-24-27(23-52-39-15-37(48-2)29(21-47)12-35(39)42)5-3-6-30(24)31-7-4-8-36-33(31)19-45-46(36)20-28-13-38(32(14-34(28)41)40-49-9-10-50-40)51-22-26-11-25(16-43)17-44-18-26/h3-8,11-15,17-19,21,40H,9-10,20,22-23H2,1-2H3. The van der Waals surface area contributed by atoms with Gasteiger partial charge in [0, 0.05) is 34.4 Å². The lowest BCUT2D eigenvalue weighted by molar-refractivity contribution is -0.0458. The minimum Gasteiger partial charge on any atom is -0.496 e. The molecule has 2 aromatic heterocycles. The van der Waals surface area contributed by atoms with E-state index in [2.05, 4.69) is 30.1 Å². The molecule has 1 aliphatic heterocycles. The van der Waals surface area contributed by atoms with Crippen LogP contribution in [0.4, 0.5) is 0 Å². The summed E-state index contributed by atoms with van der Waals surface area (Å²) in [7, 11) is 1.49.